The molecular formula is C22H26N2O3S2. The van der Waals surface area contributed by atoms with Gasteiger partial charge >= 0.3 is 0 Å². The van der Waals surface area contributed by atoms with Gasteiger partial charge < -0.3 is 4.74 Å². The number of thioether (sulfide) groups is 1. The minimum atomic E-state index is -1.06. The van der Waals surface area contributed by atoms with E-state index in [4.69, 9.17) is 9.72 Å². The smallest absolute Gasteiger partial charge is 0.262 e. The summed E-state index contributed by atoms with van der Waals surface area (Å²) in [6, 6.07) is 16.8. The van der Waals surface area contributed by atoms with Gasteiger partial charge in [0.15, 0.2) is 5.16 Å². The lowest BCUT2D eigenvalue weighted by Gasteiger charge is -2.14. The van der Waals surface area contributed by atoms with Crippen LogP contribution in [0.25, 0.3) is 10.9 Å². The number of rotatable bonds is 10. The van der Waals surface area contributed by atoms with Crippen LogP contribution >= 0.6 is 11.8 Å². The largest absolute Gasteiger partial charge is 0.379 e. The molecule has 0 N–H and O–H groups in total. The third-order valence-corrected chi connectivity index (χ3v) is 6.92. The monoisotopic (exact) mass is 430 g/mol. The number of hydrogen-bond donors (Lipinski definition) is 0. The van der Waals surface area contributed by atoms with E-state index in [-0.39, 0.29) is 11.7 Å². The third-order valence-electron chi connectivity index (χ3n) is 4.31. The topological polar surface area (TPSA) is 61.2 Å². The van der Waals surface area contributed by atoms with Crippen LogP contribution < -0.4 is 5.56 Å². The SMILES string of the molecule is CC(C)OCCCn1c(SCC[S@@](=O)c2ccccc2)nc2ccccc2c1=O. The highest BCUT2D eigenvalue weighted by Crippen LogP contribution is 2.19. The lowest BCUT2D eigenvalue weighted by Crippen LogP contribution is -2.24. The summed E-state index contributed by atoms with van der Waals surface area (Å²) < 4.78 is 19.8. The van der Waals surface area contributed by atoms with Gasteiger partial charge in [0.2, 0.25) is 0 Å². The van der Waals surface area contributed by atoms with Crippen molar-refractivity contribution >= 4 is 33.5 Å². The predicted octanol–water partition coefficient (Wildman–Crippen LogP) is 4.11. The summed E-state index contributed by atoms with van der Waals surface area (Å²) in [5, 5.41) is 1.29. The zero-order chi connectivity index (χ0) is 20.6. The Balaban J connectivity index is 1.74. The first-order chi connectivity index (χ1) is 14.1. The molecule has 3 aromatic rings. The van der Waals surface area contributed by atoms with E-state index in [9.17, 15) is 9.00 Å². The molecule has 3 rings (SSSR count). The average Bonchev–Trinajstić information content (AvgIpc) is 2.73. The van der Waals surface area contributed by atoms with Crippen molar-refractivity contribution in [2.75, 3.05) is 18.1 Å². The Morgan fingerprint density at radius 1 is 1.10 bits per heavy atom. The van der Waals surface area contributed by atoms with Gasteiger partial charge in [-0.2, -0.15) is 0 Å². The van der Waals surface area contributed by atoms with Crippen LogP contribution in [0, 0.1) is 0 Å². The molecule has 0 saturated heterocycles. The second-order valence-electron chi connectivity index (χ2n) is 6.85. The van der Waals surface area contributed by atoms with Gasteiger partial charge in [-0.25, -0.2) is 4.98 Å². The zero-order valence-corrected chi connectivity index (χ0v) is 18.4. The first-order valence-corrected chi connectivity index (χ1v) is 12.0. The number of hydrogen-bond acceptors (Lipinski definition) is 5. The van der Waals surface area contributed by atoms with E-state index in [2.05, 4.69) is 0 Å². The van der Waals surface area contributed by atoms with Crippen LogP contribution in [0.2, 0.25) is 0 Å². The molecule has 0 fully saturated rings. The molecule has 1 aromatic heterocycles. The van der Waals surface area contributed by atoms with E-state index in [1.807, 2.05) is 68.4 Å². The maximum absolute atomic E-state index is 13.0. The highest BCUT2D eigenvalue weighted by Gasteiger charge is 2.12. The van der Waals surface area contributed by atoms with Crippen molar-refractivity contribution in [1.29, 1.82) is 0 Å². The second-order valence-corrected chi connectivity index (χ2v) is 9.49. The standard InChI is InChI=1S/C22H26N2O3S2/c1-17(2)27-14-8-13-24-21(25)19-11-6-7-12-20(19)23-22(24)28-15-16-29(26)18-9-4-3-5-10-18/h3-7,9-12,17H,8,13-16H2,1-2H3/t29-/m1/s1. The first-order valence-electron chi connectivity index (χ1n) is 9.73. The third kappa shape index (κ3) is 6.01. The van der Waals surface area contributed by atoms with Gasteiger partial charge in [-0.15, -0.1) is 0 Å². The molecule has 0 aliphatic carbocycles. The Bertz CT molecular complexity index is 1020. The Morgan fingerprint density at radius 2 is 1.83 bits per heavy atom. The van der Waals surface area contributed by atoms with Crippen LogP contribution in [0.3, 0.4) is 0 Å². The summed E-state index contributed by atoms with van der Waals surface area (Å²) in [4.78, 5) is 18.5. The van der Waals surface area contributed by atoms with Gasteiger partial charge in [-0.1, -0.05) is 42.1 Å². The van der Waals surface area contributed by atoms with Crippen molar-refractivity contribution in [3.63, 3.8) is 0 Å². The Hall–Kier alpha value is -1.96. The van der Waals surface area contributed by atoms with E-state index >= 15 is 0 Å². The molecule has 29 heavy (non-hydrogen) atoms. The van der Waals surface area contributed by atoms with E-state index in [0.29, 0.717) is 40.7 Å². The summed E-state index contributed by atoms with van der Waals surface area (Å²) in [6.45, 7) is 5.14. The molecular weight excluding hydrogens is 404 g/mol. The predicted molar refractivity (Wildman–Crippen MR) is 120 cm³/mol. The molecule has 0 radical (unpaired) electrons. The highest BCUT2D eigenvalue weighted by molar-refractivity contribution is 8.00. The molecule has 0 saturated carbocycles. The van der Waals surface area contributed by atoms with Crippen molar-refractivity contribution in [3.8, 4) is 0 Å². The summed E-state index contributed by atoms with van der Waals surface area (Å²) in [5.74, 6) is 1.13. The Morgan fingerprint density at radius 3 is 2.59 bits per heavy atom. The zero-order valence-electron chi connectivity index (χ0n) is 16.7. The minimum absolute atomic E-state index is 0.0353. The molecule has 154 valence electrons. The number of fused-ring (bicyclic) bond motifs is 1. The molecule has 0 aliphatic heterocycles. The summed E-state index contributed by atoms with van der Waals surface area (Å²) in [6.07, 6.45) is 0.907. The number of nitrogens with zero attached hydrogens (tertiary/aromatic N) is 2. The van der Waals surface area contributed by atoms with E-state index in [1.54, 1.807) is 4.57 Å². The Kier molecular flexibility index (Phi) is 8.03. The van der Waals surface area contributed by atoms with E-state index in [0.717, 1.165) is 11.3 Å². The number of para-hydroxylation sites is 1. The van der Waals surface area contributed by atoms with Gasteiger partial charge in [0.05, 0.1) is 27.8 Å². The van der Waals surface area contributed by atoms with Crippen molar-refractivity contribution in [2.24, 2.45) is 0 Å². The van der Waals surface area contributed by atoms with Crippen LogP contribution in [0.1, 0.15) is 20.3 Å². The van der Waals surface area contributed by atoms with Crippen LogP contribution in [-0.4, -0.2) is 38.0 Å². The maximum atomic E-state index is 13.0. The summed E-state index contributed by atoms with van der Waals surface area (Å²) >= 11 is 1.48. The normalized spacial score (nSPS) is 12.5. The molecule has 0 amide bonds. The van der Waals surface area contributed by atoms with Gasteiger partial charge in [-0.3, -0.25) is 13.6 Å². The summed E-state index contributed by atoms with van der Waals surface area (Å²) in [5.41, 5.74) is 0.658. The molecule has 7 heteroatoms. The molecule has 1 atom stereocenters. The minimum Gasteiger partial charge on any atom is -0.379 e. The van der Waals surface area contributed by atoms with Crippen molar-refractivity contribution in [1.82, 2.24) is 9.55 Å². The van der Waals surface area contributed by atoms with Crippen molar-refractivity contribution in [3.05, 3.63) is 65.0 Å². The number of ether oxygens (including phenoxy) is 1. The molecule has 0 spiro atoms. The van der Waals surface area contributed by atoms with Crippen molar-refractivity contribution < 1.29 is 8.95 Å². The van der Waals surface area contributed by atoms with Crippen molar-refractivity contribution in [2.45, 2.75) is 43.0 Å². The number of aromatic nitrogens is 2. The molecule has 0 unspecified atom stereocenters. The molecule has 0 aliphatic rings. The second kappa shape index (κ2) is 10.7. The van der Waals surface area contributed by atoms with Gasteiger partial charge in [0.25, 0.3) is 5.56 Å². The Labute approximate surface area is 178 Å². The van der Waals surface area contributed by atoms with Gasteiger partial charge in [-0.05, 0) is 44.5 Å². The summed E-state index contributed by atoms with van der Waals surface area (Å²) in [7, 11) is -1.06. The van der Waals surface area contributed by atoms with Crippen LogP contribution in [0.15, 0.2) is 69.4 Å². The fourth-order valence-electron chi connectivity index (χ4n) is 2.90. The average molecular weight is 431 g/mol. The first kappa shape index (κ1) is 21.7. The fraction of sp³-hybridized carbons (Fsp3) is 0.364. The van der Waals surface area contributed by atoms with Crippen LogP contribution in [-0.2, 0) is 22.1 Å². The fourth-order valence-corrected chi connectivity index (χ4v) is 5.21. The molecule has 1 heterocycles. The molecule has 0 bridgehead atoms. The highest BCUT2D eigenvalue weighted by atomic mass is 32.2. The number of benzene rings is 2. The van der Waals surface area contributed by atoms with E-state index < -0.39 is 10.8 Å². The maximum Gasteiger partial charge on any atom is 0.262 e. The van der Waals surface area contributed by atoms with Crippen LogP contribution in [0.4, 0.5) is 0 Å². The van der Waals surface area contributed by atoms with Gasteiger partial charge in [0, 0.05) is 29.6 Å². The van der Waals surface area contributed by atoms with E-state index in [1.165, 1.54) is 11.8 Å². The lowest BCUT2D eigenvalue weighted by molar-refractivity contribution is 0.0743. The molecule has 5 nitrogen and oxygen atoms in total. The van der Waals surface area contributed by atoms with Gasteiger partial charge in [0.1, 0.15) is 0 Å². The molecule has 2 aromatic carbocycles. The lowest BCUT2D eigenvalue weighted by atomic mass is 10.2. The quantitative estimate of drug-likeness (QED) is 0.275. The van der Waals surface area contributed by atoms with Crippen LogP contribution in [0.5, 0.6) is 0 Å².